The first-order valence-corrected chi connectivity index (χ1v) is 14.7. The van der Waals surface area contributed by atoms with Crippen LogP contribution in [-0.2, 0) is 28.6 Å². The third-order valence-electron chi connectivity index (χ3n) is 9.98. The van der Waals surface area contributed by atoms with Crippen LogP contribution in [0.15, 0.2) is 39.8 Å². The number of aliphatic hydroxyl groups is 1. The molecule has 43 heavy (non-hydrogen) atoms. The van der Waals surface area contributed by atoms with Crippen molar-refractivity contribution < 1.29 is 42.9 Å². The van der Waals surface area contributed by atoms with Crippen LogP contribution in [0.5, 0.6) is 5.75 Å². The van der Waals surface area contributed by atoms with E-state index in [0.29, 0.717) is 18.4 Å². The van der Waals surface area contributed by atoms with E-state index in [-0.39, 0.29) is 48.4 Å². The molecular weight excluding hydrogens is 558 g/mol. The van der Waals surface area contributed by atoms with Gasteiger partial charge in [0.1, 0.15) is 41.5 Å². The van der Waals surface area contributed by atoms with Crippen LogP contribution in [0.1, 0.15) is 78.9 Å². The molecule has 232 valence electrons. The number of fused-ring (bicyclic) bond motifs is 4. The van der Waals surface area contributed by atoms with E-state index >= 15 is 0 Å². The third-order valence-corrected chi connectivity index (χ3v) is 9.98. The molecule has 0 radical (unpaired) electrons. The maximum Gasteiger partial charge on any atom is 0.345 e. The van der Waals surface area contributed by atoms with Gasteiger partial charge in [-0.25, -0.2) is 4.79 Å². The number of aliphatic hydroxyl groups excluding tert-OH is 1. The van der Waals surface area contributed by atoms with Gasteiger partial charge in [-0.15, -0.1) is 0 Å². The highest BCUT2D eigenvalue weighted by Gasteiger charge is 2.70. The molecule has 0 unspecified atom stereocenters. The second-order valence-electron chi connectivity index (χ2n) is 12.7. The van der Waals surface area contributed by atoms with Crippen molar-refractivity contribution in [1.82, 2.24) is 4.98 Å². The highest BCUT2D eigenvalue weighted by molar-refractivity contribution is 5.69. The largest absolute Gasteiger partial charge is 0.482 e. The monoisotopic (exact) mass is 597 g/mol. The third kappa shape index (κ3) is 5.11. The highest BCUT2D eigenvalue weighted by Crippen LogP contribution is 2.67. The normalized spacial score (nSPS) is 34.4. The number of rotatable bonds is 6. The van der Waals surface area contributed by atoms with Crippen LogP contribution in [0.4, 0.5) is 0 Å². The summed E-state index contributed by atoms with van der Waals surface area (Å²) in [7, 11) is 0. The minimum atomic E-state index is -1.34. The summed E-state index contributed by atoms with van der Waals surface area (Å²) in [5.41, 5.74) is -3.09. The Hall–Kier alpha value is -3.73. The molecule has 2 aliphatic carbocycles. The minimum absolute atomic E-state index is 0.0141. The number of hydrogen-bond acceptors (Lipinski definition) is 11. The molecule has 0 aromatic carbocycles. The lowest BCUT2D eigenvalue weighted by Crippen LogP contribution is -2.71. The number of esters is 3. The van der Waals surface area contributed by atoms with Crippen LogP contribution in [0.3, 0.4) is 0 Å². The molecule has 0 amide bonds. The van der Waals surface area contributed by atoms with Crippen molar-refractivity contribution in [3.05, 3.63) is 46.6 Å². The predicted octanol–water partition coefficient (Wildman–Crippen LogP) is 4.15. The van der Waals surface area contributed by atoms with Gasteiger partial charge >= 0.3 is 23.5 Å². The van der Waals surface area contributed by atoms with Gasteiger partial charge in [0.05, 0.1) is 6.10 Å². The van der Waals surface area contributed by atoms with E-state index in [1.54, 1.807) is 44.4 Å². The molecule has 0 spiro atoms. The molecule has 2 aromatic rings. The van der Waals surface area contributed by atoms with Crippen molar-refractivity contribution in [3.8, 4) is 17.1 Å². The topological polar surface area (TPSA) is 151 Å². The van der Waals surface area contributed by atoms with Crippen molar-refractivity contribution in [2.75, 3.05) is 6.61 Å². The zero-order valence-corrected chi connectivity index (χ0v) is 25.4. The van der Waals surface area contributed by atoms with Gasteiger partial charge < -0.3 is 28.5 Å². The lowest BCUT2D eigenvalue weighted by molar-refractivity contribution is -0.271. The SMILES string of the molecule is CCC(=O)O[C@H]1CC[C@]2(C)[C@@H](C[C@H](OC(C)=O)[C@]3(C)Oc4cc(-c5cccnc5)oc(=O)c4[C@@H](O)[C@@H]23)[C@@]1(C)COC(C)=O. The van der Waals surface area contributed by atoms with E-state index < -0.39 is 58.2 Å². The smallest absolute Gasteiger partial charge is 0.345 e. The number of ether oxygens (including phenoxy) is 4. The van der Waals surface area contributed by atoms with Crippen molar-refractivity contribution >= 4 is 17.9 Å². The Balaban J connectivity index is 1.65. The molecule has 11 heteroatoms. The van der Waals surface area contributed by atoms with Gasteiger partial charge in [0.2, 0.25) is 0 Å². The maximum atomic E-state index is 13.5. The van der Waals surface area contributed by atoms with Crippen LogP contribution < -0.4 is 10.4 Å². The lowest BCUT2D eigenvalue weighted by Gasteiger charge is -2.66. The molecule has 3 heterocycles. The number of pyridine rings is 1. The van der Waals surface area contributed by atoms with Crippen molar-refractivity contribution in [2.24, 2.45) is 22.7 Å². The number of nitrogens with zero attached hydrogens (tertiary/aromatic N) is 1. The number of aromatic nitrogens is 1. The fraction of sp³-hybridized carbons (Fsp3) is 0.594. The summed E-state index contributed by atoms with van der Waals surface area (Å²) in [5.74, 6) is -2.16. The van der Waals surface area contributed by atoms with E-state index in [1.807, 2.05) is 13.8 Å². The molecular formula is C32H39NO10. The molecule has 2 fully saturated rings. The summed E-state index contributed by atoms with van der Waals surface area (Å²) in [6.07, 6.45) is 1.73. The minimum Gasteiger partial charge on any atom is -0.482 e. The summed E-state index contributed by atoms with van der Waals surface area (Å²) in [6.45, 7) is 9.98. The molecule has 0 saturated heterocycles. The first-order valence-electron chi connectivity index (χ1n) is 14.7. The van der Waals surface area contributed by atoms with E-state index in [1.165, 1.54) is 13.8 Å². The fourth-order valence-corrected chi connectivity index (χ4v) is 8.08. The fourth-order valence-electron chi connectivity index (χ4n) is 8.08. The zero-order chi connectivity index (χ0) is 31.3. The zero-order valence-electron chi connectivity index (χ0n) is 25.4. The Labute approximate surface area is 249 Å². The Bertz CT molecular complexity index is 1470. The van der Waals surface area contributed by atoms with Crippen LogP contribution >= 0.6 is 0 Å². The molecule has 2 aromatic heterocycles. The van der Waals surface area contributed by atoms with Crippen molar-refractivity contribution in [3.63, 3.8) is 0 Å². The van der Waals surface area contributed by atoms with Gasteiger partial charge in [0.15, 0.2) is 0 Å². The van der Waals surface area contributed by atoms with Gasteiger partial charge in [-0.1, -0.05) is 20.8 Å². The number of carbonyl (C=O) groups is 3. The standard InChI is InChI=1S/C32H39NO10/c1-7-25(36)42-23-10-11-30(4)22(31(23,5)16-39-17(2)34)14-24(40-18(3)35)32(6)28(30)27(37)26-21(43-32)13-20(41-29(26)38)19-9-8-12-33-15-19/h8-9,12-13,15,22-24,27-28,37H,7,10-11,14,16H2,1-6H3/t22-,23+,24+,27-,28+,30-,31-,32+/m1/s1. The Morgan fingerprint density at radius 3 is 2.49 bits per heavy atom. The first-order chi connectivity index (χ1) is 20.2. The molecule has 5 rings (SSSR count). The van der Waals surface area contributed by atoms with Crippen LogP contribution in [-0.4, -0.2) is 52.4 Å². The highest BCUT2D eigenvalue weighted by atomic mass is 16.6. The molecule has 1 N–H and O–H groups in total. The summed E-state index contributed by atoms with van der Waals surface area (Å²) in [6, 6.07) is 5.01. The molecule has 11 nitrogen and oxygen atoms in total. The lowest BCUT2D eigenvalue weighted by atomic mass is 9.42. The molecule has 2 saturated carbocycles. The van der Waals surface area contributed by atoms with E-state index in [0.717, 1.165) is 0 Å². The van der Waals surface area contributed by atoms with Crippen LogP contribution in [0, 0.1) is 22.7 Å². The molecule has 3 aliphatic rings. The van der Waals surface area contributed by atoms with Gasteiger partial charge in [0, 0.05) is 55.6 Å². The molecule has 0 bridgehead atoms. The summed E-state index contributed by atoms with van der Waals surface area (Å²) in [5, 5.41) is 12.1. The van der Waals surface area contributed by atoms with Gasteiger partial charge in [-0.05, 0) is 49.7 Å². The first kappa shape index (κ1) is 30.7. The summed E-state index contributed by atoms with van der Waals surface area (Å²) in [4.78, 5) is 54.5. The summed E-state index contributed by atoms with van der Waals surface area (Å²) >= 11 is 0. The van der Waals surface area contributed by atoms with Gasteiger partial charge in [0.25, 0.3) is 0 Å². The second-order valence-corrected chi connectivity index (χ2v) is 12.7. The second kappa shape index (κ2) is 11.1. The maximum absolute atomic E-state index is 13.5. The number of carbonyl (C=O) groups excluding carboxylic acids is 3. The Kier molecular flexibility index (Phi) is 7.91. The molecule has 8 atom stereocenters. The van der Waals surface area contributed by atoms with E-state index in [2.05, 4.69) is 4.98 Å². The average Bonchev–Trinajstić information content (AvgIpc) is 2.94. The van der Waals surface area contributed by atoms with Crippen molar-refractivity contribution in [1.29, 1.82) is 0 Å². The average molecular weight is 598 g/mol. The predicted molar refractivity (Wildman–Crippen MR) is 152 cm³/mol. The Morgan fingerprint density at radius 2 is 1.86 bits per heavy atom. The van der Waals surface area contributed by atoms with Gasteiger partial charge in [-0.3, -0.25) is 19.4 Å². The Morgan fingerprint density at radius 1 is 1.12 bits per heavy atom. The van der Waals surface area contributed by atoms with Crippen LogP contribution in [0.2, 0.25) is 0 Å². The van der Waals surface area contributed by atoms with Gasteiger partial charge in [-0.2, -0.15) is 0 Å². The summed E-state index contributed by atoms with van der Waals surface area (Å²) < 4.78 is 29.7. The number of hydrogen-bond donors (Lipinski definition) is 1. The quantitative estimate of drug-likeness (QED) is 0.378. The molecule has 1 aliphatic heterocycles. The van der Waals surface area contributed by atoms with E-state index in [9.17, 15) is 24.3 Å². The van der Waals surface area contributed by atoms with E-state index in [4.69, 9.17) is 23.4 Å². The van der Waals surface area contributed by atoms with Crippen LogP contribution in [0.25, 0.3) is 11.3 Å². The van der Waals surface area contributed by atoms with Crippen molar-refractivity contribution in [2.45, 2.75) is 91.1 Å².